The Morgan fingerprint density at radius 3 is 2.67 bits per heavy atom. The van der Waals surface area contributed by atoms with Gasteiger partial charge in [-0.15, -0.1) is 0 Å². The summed E-state index contributed by atoms with van der Waals surface area (Å²) in [5.41, 5.74) is 1.16. The third kappa shape index (κ3) is 4.31. The molecule has 2 amide bonds. The highest BCUT2D eigenvalue weighted by Crippen LogP contribution is 2.23. The maximum absolute atomic E-state index is 13.2. The molecule has 0 radical (unpaired) electrons. The molecule has 5 nitrogen and oxygen atoms in total. The first-order valence-electron chi connectivity index (χ1n) is 6.94. The molecule has 0 heterocycles. The van der Waals surface area contributed by atoms with Gasteiger partial charge in [-0.25, -0.2) is 4.39 Å². The number of carbonyl (C=O) groups excluding carboxylic acids is 2. The minimum Gasteiger partial charge on any atom is -0.324 e. The van der Waals surface area contributed by atoms with Gasteiger partial charge in [-0.2, -0.15) is 5.26 Å². The van der Waals surface area contributed by atoms with Gasteiger partial charge >= 0.3 is 0 Å². The first kappa shape index (κ1) is 17.4. The molecule has 0 spiro atoms. The van der Waals surface area contributed by atoms with Gasteiger partial charge in [0.1, 0.15) is 12.4 Å². The van der Waals surface area contributed by atoms with E-state index < -0.39 is 17.6 Å². The first-order chi connectivity index (χ1) is 11.4. The predicted molar refractivity (Wildman–Crippen MR) is 89.2 cm³/mol. The average Bonchev–Trinajstić information content (AvgIpc) is 2.55. The van der Waals surface area contributed by atoms with Crippen molar-refractivity contribution in [1.82, 2.24) is 0 Å². The lowest BCUT2D eigenvalue weighted by Gasteiger charge is -2.21. The zero-order valence-corrected chi connectivity index (χ0v) is 13.5. The molecule has 0 aliphatic heterocycles. The molecular weight excluding hydrogens is 333 g/mol. The van der Waals surface area contributed by atoms with Crippen LogP contribution < -0.4 is 10.2 Å². The van der Waals surface area contributed by atoms with Crippen LogP contribution in [0.4, 0.5) is 15.8 Å². The third-order valence-corrected chi connectivity index (χ3v) is 3.46. The lowest BCUT2D eigenvalue weighted by molar-refractivity contribution is -0.120. The van der Waals surface area contributed by atoms with Gasteiger partial charge in [0.25, 0.3) is 0 Å². The van der Waals surface area contributed by atoms with Crippen molar-refractivity contribution in [3.05, 3.63) is 58.9 Å². The van der Waals surface area contributed by atoms with Gasteiger partial charge in [-0.3, -0.25) is 9.59 Å². The molecule has 122 valence electrons. The zero-order chi connectivity index (χ0) is 17.7. The molecule has 0 aromatic heterocycles. The molecule has 0 fully saturated rings. The van der Waals surface area contributed by atoms with Crippen LogP contribution in [-0.4, -0.2) is 18.4 Å². The highest BCUT2D eigenvalue weighted by atomic mass is 35.5. The van der Waals surface area contributed by atoms with Crippen LogP contribution in [0.2, 0.25) is 5.02 Å². The fraction of sp³-hybridized carbons (Fsp3) is 0.118. The molecule has 0 atom stereocenters. The van der Waals surface area contributed by atoms with Gasteiger partial charge < -0.3 is 10.2 Å². The Kier molecular flexibility index (Phi) is 5.51. The maximum Gasteiger partial charge on any atom is 0.244 e. The Morgan fingerprint density at radius 2 is 2.04 bits per heavy atom. The number of benzene rings is 2. The zero-order valence-electron chi connectivity index (χ0n) is 12.7. The topological polar surface area (TPSA) is 73.2 Å². The van der Waals surface area contributed by atoms with Crippen LogP contribution in [0, 0.1) is 17.1 Å². The summed E-state index contributed by atoms with van der Waals surface area (Å²) in [6.07, 6.45) is 0. The number of hydrogen-bond acceptors (Lipinski definition) is 3. The van der Waals surface area contributed by atoms with Crippen molar-refractivity contribution in [2.75, 3.05) is 16.8 Å². The average molecular weight is 346 g/mol. The third-order valence-electron chi connectivity index (χ3n) is 3.17. The van der Waals surface area contributed by atoms with Crippen molar-refractivity contribution in [1.29, 1.82) is 5.26 Å². The molecule has 1 N–H and O–H groups in total. The van der Waals surface area contributed by atoms with E-state index in [9.17, 15) is 14.0 Å². The van der Waals surface area contributed by atoms with E-state index in [1.54, 1.807) is 18.2 Å². The summed E-state index contributed by atoms with van der Waals surface area (Å²) < 4.78 is 13.2. The van der Waals surface area contributed by atoms with Gasteiger partial charge in [0.15, 0.2) is 0 Å². The quantitative estimate of drug-likeness (QED) is 0.923. The number of hydrogen-bond donors (Lipinski definition) is 1. The van der Waals surface area contributed by atoms with E-state index in [2.05, 4.69) is 5.32 Å². The summed E-state index contributed by atoms with van der Waals surface area (Å²) in [7, 11) is 0. The number of nitriles is 1. The normalized spacial score (nSPS) is 9.92. The molecule has 2 aromatic rings. The van der Waals surface area contributed by atoms with Gasteiger partial charge in [-0.1, -0.05) is 17.7 Å². The van der Waals surface area contributed by atoms with E-state index in [1.807, 2.05) is 6.07 Å². The number of carbonyl (C=O) groups is 2. The molecule has 24 heavy (non-hydrogen) atoms. The van der Waals surface area contributed by atoms with Crippen molar-refractivity contribution in [3.63, 3.8) is 0 Å². The van der Waals surface area contributed by atoms with E-state index in [0.29, 0.717) is 16.9 Å². The van der Waals surface area contributed by atoms with Gasteiger partial charge in [0, 0.05) is 18.3 Å². The molecule has 2 rings (SSSR count). The number of rotatable bonds is 4. The van der Waals surface area contributed by atoms with Crippen LogP contribution in [0.15, 0.2) is 42.5 Å². The Morgan fingerprint density at radius 1 is 1.29 bits per heavy atom. The van der Waals surface area contributed by atoms with E-state index in [4.69, 9.17) is 16.9 Å². The molecule has 0 unspecified atom stereocenters. The smallest absolute Gasteiger partial charge is 0.244 e. The van der Waals surface area contributed by atoms with Crippen molar-refractivity contribution in [2.45, 2.75) is 6.92 Å². The SMILES string of the molecule is CC(=O)N(CC(=O)Nc1cccc(C#N)c1)c1ccc(F)c(Cl)c1. The minimum atomic E-state index is -0.610. The molecule has 0 saturated carbocycles. The second-order valence-corrected chi connectivity index (χ2v) is 5.35. The van der Waals surface area contributed by atoms with Gasteiger partial charge in [0.05, 0.1) is 16.7 Å². The summed E-state index contributed by atoms with van der Waals surface area (Å²) in [6, 6.07) is 12.1. The van der Waals surface area contributed by atoms with Crippen LogP contribution >= 0.6 is 11.6 Å². The Labute approximate surface area is 143 Å². The molecule has 2 aromatic carbocycles. The fourth-order valence-corrected chi connectivity index (χ4v) is 2.22. The second-order valence-electron chi connectivity index (χ2n) is 4.94. The lowest BCUT2D eigenvalue weighted by atomic mass is 10.2. The summed E-state index contributed by atoms with van der Waals surface area (Å²) in [5, 5.41) is 11.3. The van der Waals surface area contributed by atoms with Gasteiger partial charge in [0.2, 0.25) is 11.8 Å². The number of halogens is 2. The van der Waals surface area contributed by atoms with E-state index in [-0.39, 0.29) is 11.6 Å². The van der Waals surface area contributed by atoms with E-state index in [1.165, 1.54) is 30.0 Å². The maximum atomic E-state index is 13.2. The lowest BCUT2D eigenvalue weighted by Crippen LogP contribution is -2.36. The monoisotopic (exact) mass is 345 g/mol. The highest BCUT2D eigenvalue weighted by Gasteiger charge is 2.17. The van der Waals surface area contributed by atoms with Crippen LogP contribution in [0.3, 0.4) is 0 Å². The van der Waals surface area contributed by atoms with Crippen LogP contribution in [0.25, 0.3) is 0 Å². The highest BCUT2D eigenvalue weighted by molar-refractivity contribution is 6.31. The second kappa shape index (κ2) is 7.57. The molecule has 0 aliphatic rings. The number of anilines is 2. The Hall–Kier alpha value is -2.91. The Bertz CT molecular complexity index is 833. The van der Waals surface area contributed by atoms with Crippen molar-refractivity contribution in [3.8, 4) is 6.07 Å². The molecule has 7 heteroatoms. The summed E-state index contributed by atoms with van der Waals surface area (Å²) in [5.74, 6) is -1.46. The predicted octanol–water partition coefficient (Wildman–Crippen LogP) is 3.34. The van der Waals surface area contributed by atoms with Crippen LogP contribution in [-0.2, 0) is 9.59 Å². The molecule has 0 bridgehead atoms. The van der Waals surface area contributed by atoms with Crippen LogP contribution in [0.1, 0.15) is 12.5 Å². The van der Waals surface area contributed by atoms with E-state index in [0.717, 1.165) is 6.07 Å². The molecular formula is C17H13ClFN3O2. The Balaban J connectivity index is 2.15. The van der Waals surface area contributed by atoms with Crippen molar-refractivity contribution >= 4 is 34.8 Å². The fourth-order valence-electron chi connectivity index (χ4n) is 2.05. The largest absolute Gasteiger partial charge is 0.324 e. The standard InChI is InChI=1S/C17H13ClFN3O2/c1-11(23)22(14-5-6-16(19)15(18)8-14)10-17(24)21-13-4-2-3-12(7-13)9-20/h2-8H,10H2,1H3,(H,21,24). The number of amides is 2. The molecule has 0 aliphatic carbocycles. The van der Waals surface area contributed by atoms with Crippen molar-refractivity contribution < 1.29 is 14.0 Å². The summed E-state index contributed by atoms with van der Waals surface area (Å²) >= 11 is 5.72. The first-order valence-corrected chi connectivity index (χ1v) is 7.31. The minimum absolute atomic E-state index is 0.138. The molecule has 0 saturated heterocycles. The van der Waals surface area contributed by atoms with Crippen LogP contribution in [0.5, 0.6) is 0 Å². The summed E-state index contributed by atoms with van der Waals surface area (Å²) in [4.78, 5) is 25.1. The van der Waals surface area contributed by atoms with Crippen molar-refractivity contribution in [2.24, 2.45) is 0 Å². The number of nitrogens with zero attached hydrogens (tertiary/aromatic N) is 2. The van der Waals surface area contributed by atoms with E-state index >= 15 is 0 Å². The summed E-state index contributed by atoms with van der Waals surface area (Å²) in [6.45, 7) is 1.02. The number of nitrogens with one attached hydrogen (secondary N) is 1. The van der Waals surface area contributed by atoms with Gasteiger partial charge in [-0.05, 0) is 36.4 Å².